The Balaban J connectivity index is 1.30. The third kappa shape index (κ3) is 3.17. The third-order valence-corrected chi connectivity index (χ3v) is 6.62. The molecule has 0 unspecified atom stereocenters. The summed E-state index contributed by atoms with van der Waals surface area (Å²) in [4.78, 5) is 50.3. The van der Waals surface area contributed by atoms with E-state index in [4.69, 9.17) is 16.3 Å². The zero-order valence-corrected chi connectivity index (χ0v) is 16.2. The number of rotatable bonds is 5. The molecule has 2 saturated carbocycles. The molecule has 2 aliphatic carbocycles. The number of likely N-dealkylation sites (tertiary alicyclic amines) is 1. The molecular weight excluding hydrogens is 384 g/mol. The standard InChI is InChI=1S/C20H21ClN2O5/c1-10-13(21)3-2-4-14(10)22-15(24)9-28-16(25)8-23-19(26)17-11-5-6-12(7-11)18(17)20(23)27/h2-4,11-12,17-18H,5-9H2,1H3,(H,22,24)/t11-,12-,17+,18+/m1/s1. The largest absolute Gasteiger partial charge is 0.454 e. The van der Waals surface area contributed by atoms with E-state index in [0.29, 0.717) is 16.3 Å². The molecule has 1 aromatic rings. The second-order valence-electron chi connectivity index (χ2n) is 7.77. The van der Waals surface area contributed by atoms with E-state index < -0.39 is 25.0 Å². The number of amides is 3. The predicted molar refractivity (Wildman–Crippen MR) is 100 cm³/mol. The summed E-state index contributed by atoms with van der Waals surface area (Å²) in [5, 5.41) is 3.14. The van der Waals surface area contributed by atoms with Gasteiger partial charge >= 0.3 is 5.97 Å². The first-order valence-corrected chi connectivity index (χ1v) is 9.80. The molecule has 148 valence electrons. The summed E-state index contributed by atoms with van der Waals surface area (Å²) in [6.07, 6.45) is 2.90. The van der Waals surface area contributed by atoms with Crippen LogP contribution in [0, 0.1) is 30.6 Å². The Bertz CT molecular complexity index is 842. The van der Waals surface area contributed by atoms with E-state index in [1.807, 2.05) is 0 Å². The second kappa shape index (κ2) is 7.20. The number of nitrogens with zero attached hydrogens (tertiary/aromatic N) is 1. The lowest BCUT2D eigenvalue weighted by atomic mass is 9.81. The summed E-state index contributed by atoms with van der Waals surface area (Å²) in [5.74, 6) is -1.84. The second-order valence-corrected chi connectivity index (χ2v) is 8.18. The van der Waals surface area contributed by atoms with E-state index in [-0.39, 0.29) is 35.5 Å². The molecule has 2 bridgehead atoms. The summed E-state index contributed by atoms with van der Waals surface area (Å²) < 4.78 is 4.97. The van der Waals surface area contributed by atoms with Crippen molar-refractivity contribution in [3.05, 3.63) is 28.8 Å². The molecule has 0 radical (unpaired) electrons. The van der Waals surface area contributed by atoms with Gasteiger partial charge in [0.25, 0.3) is 5.91 Å². The Kier molecular flexibility index (Phi) is 4.87. The Morgan fingerprint density at radius 2 is 1.82 bits per heavy atom. The first-order chi connectivity index (χ1) is 13.4. The molecule has 1 saturated heterocycles. The van der Waals surface area contributed by atoms with Gasteiger partial charge in [-0.3, -0.25) is 24.1 Å². The van der Waals surface area contributed by atoms with Gasteiger partial charge in [-0.2, -0.15) is 0 Å². The normalized spacial score (nSPS) is 27.9. The van der Waals surface area contributed by atoms with E-state index in [1.54, 1.807) is 25.1 Å². The number of esters is 1. The third-order valence-electron chi connectivity index (χ3n) is 6.21. The average Bonchev–Trinajstić information content (AvgIpc) is 3.34. The molecule has 3 amide bonds. The Morgan fingerprint density at radius 1 is 1.18 bits per heavy atom. The van der Waals surface area contributed by atoms with Gasteiger partial charge in [0, 0.05) is 10.7 Å². The van der Waals surface area contributed by atoms with Gasteiger partial charge in [-0.1, -0.05) is 17.7 Å². The summed E-state index contributed by atoms with van der Waals surface area (Å²) in [6.45, 7) is 0.825. The van der Waals surface area contributed by atoms with Crippen molar-refractivity contribution in [3.8, 4) is 0 Å². The molecule has 8 heteroatoms. The Morgan fingerprint density at radius 3 is 2.46 bits per heavy atom. The topological polar surface area (TPSA) is 92.8 Å². The highest BCUT2D eigenvalue weighted by Crippen LogP contribution is 2.56. The van der Waals surface area contributed by atoms with Gasteiger partial charge in [-0.05, 0) is 55.7 Å². The number of ether oxygens (including phenoxy) is 1. The number of hydrogen-bond acceptors (Lipinski definition) is 5. The number of anilines is 1. The number of nitrogens with one attached hydrogen (secondary N) is 1. The van der Waals surface area contributed by atoms with Crippen LogP contribution < -0.4 is 5.32 Å². The quantitative estimate of drug-likeness (QED) is 0.599. The van der Waals surface area contributed by atoms with Gasteiger partial charge < -0.3 is 10.1 Å². The molecule has 0 spiro atoms. The number of imide groups is 1. The van der Waals surface area contributed by atoms with Crippen LogP contribution >= 0.6 is 11.6 Å². The highest BCUT2D eigenvalue weighted by Gasteiger charge is 2.61. The zero-order valence-electron chi connectivity index (χ0n) is 15.4. The molecule has 3 aliphatic rings. The highest BCUT2D eigenvalue weighted by atomic mass is 35.5. The summed E-state index contributed by atoms with van der Waals surface area (Å²) in [7, 11) is 0. The maximum atomic E-state index is 12.6. The number of carbonyl (C=O) groups is 4. The van der Waals surface area contributed by atoms with Crippen LogP contribution in [0.25, 0.3) is 0 Å². The van der Waals surface area contributed by atoms with Gasteiger partial charge in [0.2, 0.25) is 11.8 Å². The van der Waals surface area contributed by atoms with Crippen molar-refractivity contribution >= 4 is 41.0 Å². The molecular formula is C20H21ClN2O5. The number of halogens is 1. The lowest BCUT2D eigenvalue weighted by Gasteiger charge is -2.19. The van der Waals surface area contributed by atoms with Crippen molar-refractivity contribution in [2.24, 2.45) is 23.7 Å². The smallest absolute Gasteiger partial charge is 0.326 e. The van der Waals surface area contributed by atoms with E-state index in [0.717, 1.165) is 24.2 Å². The summed E-state index contributed by atoms with van der Waals surface area (Å²) in [5.41, 5.74) is 1.24. The monoisotopic (exact) mass is 404 g/mol. The molecule has 0 aromatic heterocycles. The zero-order chi connectivity index (χ0) is 20.0. The fourth-order valence-corrected chi connectivity index (χ4v) is 5.05. The molecule has 3 fully saturated rings. The molecule has 28 heavy (non-hydrogen) atoms. The first-order valence-electron chi connectivity index (χ1n) is 9.42. The highest BCUT2D eigenvalue weighted by molar-refractivity contribution is 6.31. The van der Waals surface area contributed by atoms with Gasteiger partial charge in [-0.15, -0.1) is 0 Å². The lowest BCUT2D eigenvalue weighted by Crippen LogP contribution is -2.38. The fraction of sp³-hybridized carbons (Fsp3) is 0.500. The van der Waals surface area contributed by atoms with Crippen molar-refractivity contribution < 1.29 is 23.9 Å². The van der Waals surface area contributed by atoms with E-state index >= 15 is 0 Å². The van der Waals surface area contributed by atoms with Crippen molar-refractivity contribution in [1.29, 1.82) is 0 Å². The van der Waals surface area contributed by atoms with Crippen LogP contribution in [0.15, 0.2) is 18.2 Å². The van der Waals surface area contributed by atoms with Crippen LogP contribution in [0.1, 0.15) is 24.8 Å². The molecule has 1 heterocycles. The van der Waals surface area contributed by atoms with Gasteiger partial charge in [-0.25, -0.2) is 0 Å². The minimum atomic E-state index is -0.771. The van der Waals surface area contributed by atoms with Crippen molar-refractivity contribution in [2.75, 3.05) is 18.5 Å². The Labute approximate surface area is 167 Å². The molecule has 1 aromatic carbocycles. The maximum absolute atomic E-state index is 12.6. The van der Waals surface area contributed by atoms with Crippen LogP contribution in [0.2, 0.25) is 5.02 Å². The minimum Gasteiger partial charge on any atom is -0.454 e. The van der Waals surface area contributed by atoms with Crippen LogP contribution in [0.5, 0.6) is 0 Å². The predicted octanol–water partition coefficient (Wildman–Crippen LogP) is 2.16. The number of fused-ring (bicyclic) bond motifs is 5. The SMILES string of the molecule is Cc1c(Cl)cccc1NC(=O)COC(=O)CN1C(=O)[C@H]2[C@@H]3CC[C@H](C3)[C@@H]2C1=O. The first kappa shape index (κ1) is 18.9. The number of carbonyl (C=O) groups excluding carboxylic acids is 4. The molecule has 4 atom stereocenters. The van der Waals surface area contributed by atoms with Crippen LogP contribution in [-0.4, -0.2) is 41.7 Å². The summed E-state index contributed by atoms with van der Waals surface area (Å²) >= 11 is 6.01. The molecule has 1 N–H and O–H groups in total. The summed E-state index contributed by atoms with van der Waals surface area (Å²) in [6, 6.07) is 5.10. The van der Waals surface area contributed by atoms with Crippen LogP contribution in [-0.2, 0) is 23.9 Å². The molecule has 1 aliphatic heterocycles. The van der Waals surface area contributed by atoms with Gasteiger partial charge in [0.15, 0.2) is 6.61 Å². The molecule has 7 nitrogen and oxygen atoms in total. The van der Waals surface area contributed by atoms with Gasteiger partial charge in [0.05, 0.1) is 11.8 Å². The Hall–Kier alpha value is -2.41. The van der Waals surface area contributed by atoms with Crippen molar-refractivity contribution in [1.82, 2.24) is 4.90 Å². The fourth-order valence-electron chi connectivity index (χ4n) is 4.88. The molecule has 4 rings (SSSR count). The van der Waals surface area contributed by atoms with Crippen LogP contribution in [0.4, 0.5) is 5.69 Å². The number of hydrogen-bond donors (Lipinski definition) is 1. The lowest BCUT2D eigenvalue weighted by molar-refractivity contribution is -0.154. The van der Waals surface area contributed by atoms with Crippen molar-refractivity contribution in [2.45, 2.75) is 26.2 Å². The van der Waals surface area contributed by atoms with E-state index in [9.17, 15) is 19.2 Å². The maximum Gasteiger partial charge on any atom is 0.326 e. The van der Waals surface area contributed by atoms with Crippen molar-refractivity contribution in [3.63, 3.8) is 0 Å². The average molecular weight is 405 g/mol. The van der Waals surface area contributed by atoms with Gasteiger partial charge in [0.1, 0.15) is 6.54 Å². The number of benzene rings is 1. The van der Waals surface area contributed by atoms with E-state index in [2.05, 4.69) is 5.32 Å². The van der Waals surface area contributed by atoms with Crippen LogP contribution in [0.3, 0.4) is 0 Å². The minimum absolute atomic E-state index is 0.263. The van der Waals surface area contributed by atoms with E-state index in [1.165, 1.54) is 0 Å².